The maximum absolute atomic E-state index is 11.1. The lowest BCUT2D eigenvalue weighted by Gasteiger charge is -2.12. The SMILES string of the molecule is O=C(CCl)Nc1ccc(OC2CCOC2)cc1. The van der Waals surface area contributed by atoms with Gasteiger partial charge in [-0.1, -0.05) is 0 Å². The Morgan fingerprint density at radius 1 is 1.47 bits per heavy atom. The molecule has 1 fully saturated rings. The largest absolute Gasteiger partial charge is 0.488 e. The van der Waals surface area contributed by atoms with Gasteiger partial charge in [0.25, 0.3) is 0 Å². The van der Waals surface area contributed by atoms with Crippen LogP contribution in [0.2, 0.25) is 0 Å². The number of benzene rings is 1. The highest BCUT2D eigenvalue weighted by atomic mass is 35.5. The minimum absolute atomic E-state index is 0.0440. The number of alkyl halides is 1. The summed E-state index contributed by atoms with van der Waals surface area (Å²) in [5.41, 5.74) is 0.714. The molecule has 5 heteroatoms. The summed E-state index contributed by atoms with van der Waals surface area (Å²) < 4.78 is 10.9. The Balaban J connectivity index is 1.90. The molecule has 0 aromatic heterocycles. The van der Waals surface area contributed by atoms with Gasteiger partial charge in [-0.3, -0.25) is 4.79 Å². The van der Waals surface area contributed by atoms with Gasteiger partial charge in [-0.15, -0.1) is 11.6 Å². The van der Waals surface area contributed by atoms with Crippen LogP contribution in [0.4, 0.5) is 5.69 Å². The van der Waals surface area contributed by atoms with Gasteiger partial charge in [-0.05, 0) is 24.3 Å². The maximum Gasteiger partial charge on any atom is 0.239 e. The van der Waals surface area contributed by atoms with Crippen molar-refractivity contribution in [3.05, 3.63) is 24.3 Å². The van der Waals surface area contributed by atoms with Gasteiger partial charge in [0.1, 0.15) is 17.7 Å². The van der Waals surface area contributed by atoms with Gasteiger partial charge in [0.15, 0.2) is 0 Å². The van der Waals surface area contributed by atoms with Crippen molar-refractivity contribution in [2.24, 2.45) is 0 Å². The van der Waals surface area contributed by atoms with E-state index in [-0.39, 0.29) is 17.9 Å². The predicted octanol–water partition coefficient (Wildman–Crippen LogP) is 2.03. The van der Waals surface area contributed by atoms with E-state index in [9.17, 15) is 4.79 Å². The molecule has 0 saturated carbocycles. The van der Waals surface area contributed by atoms with Gasteiger partial charge < -0.3 is 14.8 Å². The van der Waals surface area contributed by atoms with Gasteiger partial charge in [-0.2, -0.15) is 0 Å². The number of anilines is 1. The Hall–Kier alpha value is -1.26. The van der Waals surface area contributed by atoms with Gasteiger partial charge in [0.05, 0.1) is 13.2 Å². The molecule has 17 heavy (non-hydrogen) atoms. The van der Waals surface area contributed by atoms with E-state index in [4.69, 9.17) is 21.1 Å². The van der Waals surface area contributed by atoms with Crippen LogP contribution in [0.1, 0.15) is 6.42 Å². The average Bonchev–Trinajstić information content (AvgIpc) is 2.84. The van der Waals surface area contributed by atoms with E-state index in [0.717, 1.165) is 18.8 Å². The van der Waals surface area contributed by atoms with Crippen LogP contribution in [0, 0.1) is 0 Å². The van der Waals surface area contributed by atoms with E-state index in [1.807, 2.05) is 12.1 Å². The number of hydrogen-bond acceptors (Lipinski definition) is 3. The van der Waals surface area contributed by atoms with Crippen molar-refractivity contribution >= 4 is 23.2 Å². The molecular weight excluding hydrogens is 242 g/mol. The summed E-state index contributed by atoms with van der Waals surface area (Å²) in [4.78, 5) is 11.1. The normalized spacial score (nSPS) is 19.0. The summed E-state index contributed by atoms with van der Waals surface area (Å²) in [6.45, 7) is 1.40. The molecule has 1 atom stereocenters. The number of ether oxygens (including phenoxy) is 2. The van der Waals surface area contributed by atoms with Crippen LogP contribution in [-0.2, 0) is 9.53 Å². The summed E-state index contributed by atoms with van der Waals surface area (Å²) in [5.74, 6) is 0.520. The second-order valence-electron chi connectivity index (χ2n) is 3.81. The number of amides is 1. The van der Waals surface area contributed by atoms with E-state index in [0.29, 0.717) is 12.3 Å². The highest BCUT2D eigenvalue weighted by Crippen LogP contribution is 2.19. The van der Waals surface area contributed by atoms with Crippen LogP contribution in [0.15, 0.2) is 24.3 Å². The minimum Gasteiger partial charge on any atom is -0.488 e. The molecule has 1 saturated heterocycles. The smallest absolute Gasteiger partial charge is 0.239 e. The maximum atomic E-state index is 11.1. The lowest BCUT2D eigenvalue weighted by atomic mass is 10.3. The summed E-state index contributed by atoms with van der Waals surface area (Å²) in [6, 6.07) is 7.22. The van der Waals surface area contributed by atoms with Crippen LogP contribution in [0.3, 0.4) is 0 Å². The summed E-state index contributed by atoms with van der Waals surface area (Å²) in [7, 11) is 0. The molecule has 2 rings (SSSR count). The number of carbonyl (C=O) groups is 1. The van der Waals surface area contributed by atoms with Gasteiger partial charge in [0, 0.05) is 12.1 Å². The second kappa shape index (κ2) is 5.89. The van der Waals surface area contributed by atoms with E-state index < -0.39 is 0 Å². The molecule has 1 heterocycles. The highest BCUT2D eigenvalue weighted by molar-refractivity contribution is 6.29. The molecule has 1 aromatic rings. The van der Waals surface area contributed by atoms with Crippen molar-refractivity contribution in [1.29, 1.82) is 0 Å². The fraction of sp³-hybridized carbons (Fsp3) is 0.417. The third kappa shape index (κ3) is 3.61. The van der Waals surface area contributed by atoms with Crippen molar-refractivity contribution in [2.45, 2.75) is 12.5 Å². The topological polar surface area (TPSA) is 47.6 Å². The Morgan fingerprint density at radius 3 is 2.82 bits per heavy atom. The molecule has 1 unspecified atom stereocenters. The fourth-order valence-corrected chi connectivity index (χ4v) is 1.68. The fourth-order valence-electron chi connectivity index (χ4n) is 1.61. The van der Waals surface area contributed by atoms with Crippen LogP contribution in [0.5, 0.6) is 5.75 Å². The number of hydrogen-bond donors (Lipinski definition) is 1. The number of nitrogens with one attached hydrogen (secondary N) is 1. The average molecular weight is 256 g/mol. The first-order valence-corrected chi connectivity index (χ1v) is 6.01. The molecule has 1 N–H and O–H groups in total. The van der Waals surface area contributed by atoms with E-state index in [2.05, 4.69) is 5.32 Å². The molecule has 1 aliphatic rings. The standard InChI is InChI=1S/C12H14ClNO3/c13-7-12(15)14-9-1-3-10(4-2-9)17-11-5-6-16-8-11/h1-4,11H,5-8H2,(H,14,15). The van der Waals surface area contributed by atoms with E-state index in [1.165, 1.54) is 0 Å². The molecule has 1 aliphatic heterocycles. The number of halogens is 1. The van der Waals surface area contributed by atoms with Crippen molar-refractivity contribution in [2.75, 3.05) is 24.4 Å². The quantitative estimate of drug-likeness (QED) is 0.838. The first-order chi connectivity index (χ1) is 8.28. The van der Waals surface area contributed by atoms with Gasteiger partial charge in [0.2, 0.25) is 5.91 Å². The molecule has 0 bridgehead atoms. The Bertz CT molecular complexity index is 374. The molecule has 0 spiro atoms. The van der Waals surface area contributed by atoms with Crippen molar-refractivity contribution < 1.29 is 14.3 Å². The molecule has 1 aromatic carbocycles. The molecule has 0 aliphatic carbocycles. The van der Waals surface area contributed by atoms with Crippen LogP contribution < -0.4 is 10.1 Å². The third-order valence-electron chi connectivity index (χ3n) is 2.45. The van der Waals surface area contributed by atoms with Crippen molar-refractivity contribution in [3.63, 3.8) is 0 Å². The predicted molar refractivity (Wildman–Crippen MR) is 65.6 cm³/mol. The lowest BCUT2D eigenvalue weighted by molar-refractivity contribution is -0.113. The van der Waals surface area contributed by atoms with Gasteiger partial charge in [-0.25, -0.2) is 0 Å². The summed E-state index contributed by atoms with van der Waals surface area (Å²) in [5, 5.41) is 2.66. The highest BCUT2D eigenvalue weighted by Gasteiger charge is 2.16. The Kier molecular flexibility index (Phi) is 4.23. The zero-order chi connectivity index (χ0) is 12.1. The molecule has 0 radical (unpaired) electrons. The lowest BCUT2D eigenvalue weighted by Crippen LogP contribution is -2.16. The molecule has 1 amide bonds. The zero-order valence-electron chi connectivity index (χ0n) is 9.32. The van der Waals surface area contributed by atoms with Crippen molar-refractivity contribution in [1.82, 2.24) is 0 Å². The Labute approximate surface area is 105 Å². The van der Waals surface area contributed by atoms with E-state index in [1.54, 1.807) is 12.1 Å². The number of rotatable bonds is 4. The van der Waals surface area contributed by atoms with Crippen LogP contribution in [0.25, 0.3) is 0 Å². The first kappa shape index (κ1) is 12.2. The summed E-state index contributed by atoms with van der Waals surface area (Å²) in [6.07, 6.45) is 1.06. The minimum atomic E-state index is -0.218. The van der Waals surface area contributed by atoms with E-state index >= 15 is 0 Å². The monoisotopic (exact) mass is 255 g/mol. The van der Waals surface area contributed by atoms with Gasteiger partial charge >= 0.3 is 0 Å². The molecule has 4 nitrogen and oxygen atoms in total. The molecule has 92 valence electrons. The first-order valence-electron chi connectivity index (χ1n) is 5.48. The van der Waals surface area contributed by atoms with Crippen LogP contribution >= 0.6 is 11.6 Å². The van der Waals surface area contributed by atoms with Crippen LogP contribution in [-0.4, -0.2) is 31.1 Å². The summed E-state index contributed by atoms with van der Waals surface area (Å²) >= 11 is 5.40. The zero-order valence-corrected chi connectivity index (χ0v) is 10.1. The second-order valence-corrected chi connectivity index (χ2v) is 4.08. The third-order valence-corrected chi connectivity index (χ3v) is 2.69. The number of carbonyl (C=O) groups excluding carboxylic acids is 1. The Morgan fingerprint density at radius 2 is 2.24 bits per heavy atom. The molecular formula is C12H14ClNO3. The van der Waals surface area contributed by atoms with Crippen molar-refractivity contribution in [3.8, 4) is 5.75 Å².